The van der Waals surface area contributed by atoms with Crippen molar-refractivity contribution < 1.29 is 8.78 Å². The molecule has 0 N–H and O–H groups in total. The van der Waals surface area contributed by atoms with Gasteiger partial charge in [0.1, 0.15) is 11.6 Å². The fourth-order valence-electron chi connectivity index (χ4n) is 12.1. The van der Waals surface area contributed by atoms with Crippen LogP contribution in [-0.4, -0.2) is 16.1 Å². The smallest absolute Gasteiger partial charge is 0.123 e. The second-order valence-corrected chi connectivity index (χ2v) is 32.2. The molecule has 354 valence electrons. The fourth-order valence-corrected chi connectivity index (χ4v) is 14.5. The lowest BCUT2D eigenvalue weighted by atomic mass is 9.70. The highest BCUT2D eigenvalue weighted by Gasteiger charge is 2.52. The van der Waals surface area contributed by atoms with Crippen LogP contribution in [0.3, 0.4) is 0 Å². The van der Waals surface area contributed by atoms with Gasteiger partial charge in [-0.05, 0) is 186 Å². The molecule has 0 amide bonds. The molecular formula is C67H54F2N2Si2. The normalized spacial score (nSPS) is 13.3. The summed E-state index contributed by atoms with van der Waals surface area (Å²) < 4.78 is 29.6. The molecule has 13 rings (SSSR count). The van der Waals surface area contributed by atoms with E-state index in [0.29, 0.717) is 0 Å². The molecule has 6 heteroatoms. The third-order valence-corrected chi connectivity index (χ3v) is 19.8. The van der Waals surface area contributed by atoms with Gasteiger partial charge in [0.25, 0.3) is 0 Å². The molecule has 0 unspecified atom stereocenters. The van der Waals surface area contributed by atoms with Crippen LogP contribution in [0, 0.1) is 11.6 Å². The minimum Gasteiger partial charge on any atom is -0.310 e. The molecule has 11 aromatic carbocycles. The first kappa shape index (κ1) is 45.0. The Morgan fingerprint density at radius 2 is 0.616 bits per heavy atom. The summed E-state index contributed by atoms with van der Waals surface area (Å²) in [6.45, 7) is 14.2. The number of benzene rings is 11. The molecule has 0 aliphatic heterocycles. The van der Waals surface area contributed by atoms with Crippen LogP contribution in [0.15, 0.2) is 218 Å². The Morgan fingerprint density at radius 1 is 0.288 bits per heavy atom. The molecule has 11 aromatic rings. The number of rotatable bonds is 8. The molecule has 0 fully saturated rings. The molecule has 0 saturated carbocycles. The van der Waals surface area contributed by atoms with Crippen molar-refractivity contribution in [2.24, 2.45) is 0 Å². The zero-order valence-corrected chi connectivity index (χ0v) is 43.9. The van der Waals surface area contributed by atoms with Gasteiger partial charge in [-0.25, -0.2) is 8.78 Å². The van der Waals surface area contributed by atoms with Gasteiger partial charge in [0.05, 0.1) is 21.6 Å². The fraction of sp³-hybridized carbons (Fsp3) is 0.104. The van der Waals surface area contributed by atoms with Gasteiger partial charge < -0.3 is 9.80 Å². The molecular weight excluding hydrogens is 927 g/mol. The van der Waals surface area contributed by atoms with Crippen molar-refractivity contribution in [3.8, 4) is 22.3 Å². The van der Waals surface area contributed by atoms with Crippen LogP contribution in [0.2, 0.25) is 39.3 Å². The maximum atomic E-state index is 14.8. The van der Waals surface area contributed by atoms with E-state index in [-0.39, 0.29) is 11.6 Å². The van der Waals surface area contributed by atoms with E-state index in [1.807, 2.05) is 24.3 Å². The maximum absolute atomic E-state index is 14.8. The predicted molar refractivity (Wildman–Crippen MR) is 311 cm³/mol. The maximum Gasteiger partial charge on any atom is 0.123 e. The molecule has 0 heterocycles. The van der Waals surface area contributed by atoms with E-state index in [4.69, 9.17) is 0 Å². The summed E-state index contributed by atoms with van der Waals surface area (Å²) >= 11 is 0. The molecule has 1 spiro atoms. The second-order valence-electron chi connectivity index (χ2n) is 22.0. The van der Waals surface area contributed by atoms with Gasteiger partial charge in [0.2, 0.25) is 0 Å². The standard InChI is InChI=1S/C67H54F2N2Si2/c1-72(2,3)51-33-27-47(28-34-51)70(45-23-19-43(68)20-24-45)49-31-37-58-59-38-32-50(71(46-25-21-44(69)22-26-46)48-29-35-52(36-30-48)73(4,5)6)40-65(59)67(64(58)39-49)63-18-12-11-17-57(63)62-41-60-55-15-9-7-13-53(55)54-14-8-10-16-56(54)61(60)42-66(62)67/h7-42H,1-6H3. The summed E-state index contributed by atoms with van der Waals surface area (Å²) in [4.78, 5) is 4.55. The van der Waals surface area contributed by atoms with Crippen LogP contribution in [0.4, 0.5) is 42.9 Å². The minimum absolute atomic E-state index is 0.273. The second kappa shape index (κ2) is 16.6. The zero-order chi connectivity index (χ0) is 50.0. The lowest BCUT2D eigenvalue weighted by molar-refractivity contribution is 0.627. The highest BCUT2D eigenvalue weighted by molar-refractivity contribution is 6.89. The lowest BCUT2D eigenvalue weighted by Gasteiger charge is -2.33. The van der Waals surface area contributed by atoms with Crippen LogP contribution in [0.1, 0.15) is 22.3 Å². The molecule has 0 bridgehead atoms. The number of hydrogen-bond acceptors (Lipinski definition) is 2. The van der Waals surface area contributed by atoms with Crippen molar-refractivity contribution >= 4 is 93.0 Å². The summed E-state index contributed by atoms with van der Waals surface area (Å²) in [6, 6.07) is 77.3. The van der Waals surface area contributed by atoms with E-state index in [9.17, 15) is 8.78 Å². The van der Waals surface area contributed by atoms with E-state index in [2.05, 4.69) is 219 Å². The number of nitrogens with zero attached hydrogens (tertiary/aromatic N) is 2. The summed E-state index contributed by atoms with van der Waals surface area (Å²) in [5.74, 6) is -0.546. The average molecular weight is 981 g/mol. The zero-order valence-electron chi connectivity index (χ0n) is 41.9. The van der Waals surface area contributed by atoms with Crippen LogP contribution in [-0.2, 0) is 5.41 Å². The first-order valence-corrected chi connectivity index (χ1v) is 32.4. The molecule has 2 aliphatic rings. The predicted octanol–water partition coefficient (Wildman–Crippen LogP) is 17.8. The van der Waals surface area contributed by atoms with Gasteiger partial charge >= 0.3 is 0 Å². The lowest BCUT2D eigenvalue weighted by Crippen LogP contribution is -2.37. The molecule has 2 aliphatic carbocycles. The van der Waals surface area contributed by atoms with E-state index >= 15 is 0 Å². The Labute approximate surface area is 428 Å². The van der Waals surface area contributed by atoms with E-state index in [1.54, 1.807) is 24.3 Å². The van der Waals surface area contributed by atoms with Gasteiger partial charge in [-0.1, -0.05) is 159 Å². The van der Waals surface area contributed by atoms with Gasteiger partial charge in [-0.2, -0.15) is 0 Å². The van der Waals surface area contributed by atoms with E-state index in [1.165, 1.54) is 76.1 Å². The first-order valence-electron chi connectivity index (χ1n) is 25.4. The molecule has 2 nitrogen and oxygen atoms in total. The quantitative estimate of drug-likeness (QED) is 0.111. The Hall–Kier alpha value is -7.91. The highest BCUT2D eigenvalue weighted by Crippen LogP contribution is 2.65. The van der Waals surface area contributed by atoms with E-state index < -0.39 is 21.6 Å². The number of halogens is 2. The van der Waals surface area contributed by atoms with Crippen LogP contribution in [0.25, 0.3) is 54.6 Å². The Kier molecular flexibility index (Phi) is 10.2. The third kappa shape index (κ3) is 7.06. The summed E-state index contributed by atoms with van der Waals surface area (Å²) in [7, 11) is -3.21. The average Bonchev–Trinajstić information content (AvgIpc) is 3.85. The molecule has 0 atom stereocenters. The van der Waals surface area contributed by atoms with Crippen LogP contribution < -0.4 is 20.2 Å². The minimum atomic E-state index is -1.61. The van der Waals surface area contributed by atoms with Crippen molar-refractivity contribution in [1.82, 2.24) is 0 Å². The van der Waals surface area contributed by atoms with Crippen LogP contribution >= 0.6 is 0 Å². The highest BCUT2D eigenvalue weighted by atomic mass is 28.3. The first-order chi connectivity index (χ1) is 35.3. The summed E-state index contributed by atoms with van der Waals surface area (Å²) in [5, 5.41) is 10.1. The van der Waals surface area contributed by atoms with Gasteiger partial charge in [0, 0.05) is 34.1 Å². The molecule has 0 saturated heterocycles. The largest absolute Gasteiger partial charge is 0.310 e. The Morgan fingerprint density at radius 3 is 1.04 bits per heavy atom. The van der Waals surface area contributed by atoms with E-state index in [0.717, 1.165) is 45.3 Å². The molecule has 0 aromatic heterocycles. The van der Waals surface area contributed by atoms with Crippen molar-refractivity contribution in [1.29, 1.82) is 0 Å². The Balaban J connectivity index is 1.12. The topological polar surface area (TPSA) is 6.48 Å². The molecule has 73 heavy (non-hydrogen) atoms. The summed E-state index contributed by atoms with van der Waals surface area (Å²) in [6.07, 6.45) is 0. The van der Waals surface area contributed by atoms with Gasteiger partial charge in [0.15, 0.2) is 0 Å². The monoisotopic (exact) mass is 980 g/mol. The number of fused-ring (bicyclic) bond motifs is 16. The number of hydrogen-bond donors (Lipinski definition) is 0. The van der Waals surface area contributed by atoms with Gasteiger partial charge in [-0.15, -0.1) is 0 Å². The Bertz CT molecular complexity index is 3850. The molecule has 0 radical (unpaired) electrons. The van der Waals surface area contributed by atoms with Gasteiger partial charge in [-0.3, -0.25) is 0 Å². The van der Waals surface area contributed by atoms with Crippen molar-refractivity contribution in [3.05, 3.63) is 252 Å². The van der Waals surface area contributed by atoms with Crippen molar-refractivity contribution in [3.63, 3.8) is 0 Å². The van der Waals surface area contributed by atoms with Crippen molar-refractivity contribution in [2.45, 2.75) is 44.7 Å². The SMILES string of the molecule is C[Si](C)(C)c1ccc(N(c2ccc(F)cc2)c2ccc3c(c2)C2(c4ccccc4-c4cc5c6ccccc6c6ccccc6c5cc42)c2cc(N(c4ccc(F)cc4)c4ccc([Si](C)(C)C)cc4)ccc2-3)cc1. The number of anilines is 6. The summed E-state index contributed by atoms with van der Waals surface area (Å²) in [5.41, 5.74) is 14.5. The van der Waals surface area contributed by atoms with Crippen LogP contribution in [0.5, 0.6) is 0 Å². The van der Waals surface area contributed by atoms with Crippen molar-refractivity contribution in [2.75, 3.05) is 9.80 Å². The third-order valence-electron chi connectivity index (χ3n) is 15.7.